The first-order chi connectivity index (χ1) is 13.5. The summed E-state index contributed by atoms with van der Waals surface area (Å²) in [5, 5.41) is 6.25. The van der Waals surface area contributed by atoms with E-state index in [1.807, 2.05) is 19.9 Å². The first kappa shape index (κ1) is 22.1. The topological polar surface area (TPSA) is 76.4 Å². The van der Waals surface area contributed by atoms with E-state index in [0.717, 1.165) is 0 Å². The van der Waals surface area contributed by atoms with E-state index in [-0.39, 0.29) is 35.2 Å². The predicted octanol–water partition coefficient (Wildman–Crippen LogP) is 4.17. The lowest BCUT2D eigenvalue weighted by Crippen LogP contribution is -2.37. The van der Waals surface area contributed by atoms with Crippen molar-refractivity contribution in [3.05, 3.63) is 58.9 Å². The van der Waals surface area contributed by atoms with Gasteiger partial charge in [0.05, 0.1) is 5.02 Å². The Bertz CT molecular complexity index is 774. The minimum atomic E-state index is -0.504. The molecule has 0 aliphatic carbocycles. The molecule has 0 heterocycles. The van der Waals surface area contributed by atoms with Crippen molar-refractivity contribution in [1.82, 2.24) is 10.6 Å². The summed E-state index contributed by atoms with van der Waals surface area (Å²) in [5.74, 6) is -0.0918. The summed E-state index contributed by atoms with van der Waals surface area (Å²) in [4.78, 5) is 11.9. The molecule has 1 amide bonds. The average Bonchev–Trinajstić information content (AvgIpc) is 2.69. The van der Waals surface area contributed by atoms with Gasteiger partial charge in [0, 0.05) is 37.2 Å². The fourth-order valence-electron chi connectivity index (χ4n) is 2.91. The Labute approximate surface area is 170 Å². The third kappa shape index (κ3) is 6.19. The molecule has 2 atom stereocenters. The minimum absolute atomic E-state index is 0.000964. The van der Waals surface area contributed by atoms with Gasteiger partial charge in [-0.05, 0) is 31.5 Å². The zero-order valence-corrected chi connectivity index (χ0v) is 16.9. The molecule has 5 nitrogen and oxygen atoms in total. The van der Waals surface area contributed by atoms with E-state index in [0.29, 0.717) is 30.8 Å². The van der Waals surface area contributed by atoms with Gasteiger partial charge < -0.3 is 21.1 Å². The van der Waals surface area contributed by atoms with E-state index < -0.39 is 5.82 Å². The molecule has 0 aromatic heterocycles. The van der Waals surface area contributed by atoms with Crippen LogP contribution in [-0.4, -0.2) is 25.0 Å². The Morgan fingerprint density at radius 1 is 1.25 bits per heavy atom. The Balaban J connectivity index is 2.15. The maximum absolute atomic E-state index is 15.2. The SMILES string of the molecule is CCC(N[C@H](C)CC(=O)NCCN)c1ccc(Cl)c(Oc2ccccc2)c1F. The number of carbonyl (C=O) groups is 1. The van der Waals surface area contributed by atoms with E-state index in [1.54, 1.807) is 36.4 Å². The van der Waals surface area contributed by atoms with E-state index >= 15 is 4.39 Å². The van der Waals surface area contributed by atoms with Gasteiger partial charge in [-0.1, -0.05) is 42.8 Å². The summed E-state index contributed by atoms with van der Waals surface area (Å²) in [6.07, 6.45) is 0.914. The lowest BCUT2D eigenvalue weighted by molar-refractivity contribution is -0.121. The van der Waals surface area contributed by atoms with Crippen LogP contribution in [0.2, 0.25) is 5.02 Å². The van der Waals surface area contributed by atoms with E-state index in [2.05, 4.69) is 10.6 Å². The summed E-state index contributed by atoms with van der Waals surface area (Å²) in [6.45, 7) is 4.67. The lowest BCUT2D eigenvalue weighted by Gasteiger charge is -2.24. The number of hydrogen-bond acceptors (Lipinski definition) is 4. The van der Waals surface area contributed by atoms with Crippen molar-refractivity contribution in [2.75, 3.05) is 13.1 Å². The van der Waals surface area contributed by atoms with Crippen LogP contribution >= 0.6 is 11.6 Å². The highest BCUT2D eigenvalue weighted by atomic mass is 35.5. The van der Waals surface area contributed by atoms with Crippen LogP contribution in [0.3, 0.4) is 0 Å². The Morgan fingerprint density at radius 3 is 2.61 bits per heavy atom. The number of rotatable bonds is 10. The molecule has 152 valence electrons. The second-order valence-corrected chi connectivity index (χ2v) is 6.97. The van der Waals surface area contributed by atoms with Gasteiger partial charge in [-0.3, -0.25) is 4.79 Å². The third-order valence-corrected chi connectivity index (χ3v) is 4.57. The zero-order chi connectivity index (χ0) is 20.5. The predicted molar refractivity (Wildman–Crippen MR) is 110 cm³/mol. The van der Waals surface area contributed by atoms with Gasteiger partial charge >= 0.3 is 0 Å². The molecule has 0 aliphatic rings. The van der Waals surface area contributed by atoms with E-state index in [1.165, 1.54) is 0 Å². The summed E-state index contributed by atoms with van der Waals surface area (Å²) in [7, 11) is 0. The number of ether oxygens (including phenoxy) is 1. The molecule has 0 saturated heterocycles. The van der Waals surface area contributed by atoms with Crippen molar-refractivity contribution in [3.63, 3.8) is 0 Å². The van der Waals surface area contributed by atoms with Crippen LogP contribution in [0.1, 0.15) is 38.3 Å². The highest BCUT2D eigenvalue weighted by molar-refractivity contribution is 6.32. The highest BCUT2D eigenvalue weighted by Gasteiger charge is 2.22. The van der Waals surface area contributed by atoms with Gasteiger partial charge in [-0.15, -0.1) is 0 Å². The molecular weight excluding hydrogens is 381 g/mol. The number of benzene rings is 2. The van der Waals surface area contributed by atoms with Crippen molar-refractivity contribution in [2.45, 2.75) is 38.8 Å². The summed E-state index contributed by atoms with van der Waals surface area (Å²) in [6, 6.07) is 11.8. The Hall–Kier alpha value is -2.15. The van der Waals surface area contributed by atoms with Crippen LogP contribution in [0.15, 0.2) is 42.5 Å². The normalized spacial score (nSPS) is 13.0. The van der Waals surface area contributed by atoms with Gasteiger partial charge in [0.2, 0.25) is 5.91 Å². The second kappa shape index (κ2) is 11.0. The number of nitrogens with one attached hydrogen (secondary N) is 2. The quantitative estimate of drug-likeness (QED) is 0.552. The Kier molecular flexibility index (Phi) is 8.70. The lowest BCUT2D eigenvalue weighted by atomic mass is 10.0. The van der Waals surface area contributed by atoms with Crippen LogP contribution < -0.4 is 21.1 Å². The zero-order valence-electron chi connectivity index (χ0n) is 16.2. The van der Waals surface area contributed by atoms with E-state index in [9.17, 15) is 4.79 Å². The molecule has 0 bridgehead atoms. The van der Waals surface area contributed by atoms with Crippen LogP contribution in [-0.2, 0) is 4.79 Å². The summed E-state index contributed by atoms with van der Waals surface area (Å²) >= 11 is 6.17. The number of amides is 1. The number of halogens is 2. The van der Waals surface area contributed by atoms with Gasteiger partial charge in [-0.2, -0.15) is 0 Å². The van der Waals surface area contributed by atoms with Gasteiger partial charge in [0.25, 0.3) is 0 Å². The van der Waals surface area contributed by atoms with Crippen LogP contribution in [0, 0.1) is 5.82 Å². The smallest absolute Gasteiger partial charge is 0.221 e. The van der Waals surface area contributed by atoms with Gasteiger partial charge in [0.1, 0.15) is 5.75 Å². The molecule has 0 radical (unpaired) electrons. The molecule has 0 saturated carbocycles. The van der Waals surface area contributed by atoms with Crippen molar-refractivity contribution in [1.29, 1.82) is 0 Å². The standard InChI is InChI=1S/C21H27ClFN3O2/c1-3-18(26-14(2)13-19(27)25-12-11-24)16-9-10-17(22)21(20(16)23)28-15-7-5-4-6-8-15/h4-10,14,18,26H,3,11-13,24H2,1-2H3,(H,25,27)/t14-,18?/m1/s1. The molecule has 1 unspecified atom stereocenters. The number of hydrogen-bond donors (Lipinski definition) is 3. The fourth-order valence-corrected chi connectivity index (χ4v) is 3.09. The second-order valence-electron chi connectivity index (χ2n) is 6.57. The van der Waals surface area contributed by atoms with Crippen molar-refractivity contribution in [3.8, 4) is 11.5 Å². The first-order valence-electron chi connectivity index (χ1n) is 9.39. The van der Waals surface area contributed by atoms with E-state index in [4.69, 9.17) is 22.1 Å². The van der Waals surface area contributed by atoms with Crippen LogP contribution in [0.5, 0.6) is 11.5 Å². The summed E-state index contributed by atoms with van der Waals surface area (Å²) in [5.41, 5.74) is 5.84. The molecule has 7 heteroatoms. The highest BCUT2D eigenvalue weighted by Crippen LogP contribution is 2.36. The largest absolute Gasteiger partial charge is 0.453 e. The molecule has 4 N–H and O–H groups in total. The van der Waals surface area contributed by atoms with Crippen LogP contribution in [0.25, 0.3) is 0 Å². The molecular formula is C21H27ClFN3O2. The fraction of sp³-hybridized carbons (Fsp3) is 0.381. The first-order valence-corrected chi connectivity index (χ1v) is 9.77. The molecule has 2 aromatic rings. The van der Waals surface area contributed by atoms with Crippen molar-refractivity contribution in [2.24, 2.45) is 5.73 Å². The monoisotopic (exact) mass is 407 g/mol. The van der Waals surface area contributed by atoms with Gasteiger partial charge in [0.15, 0.2) is 11.6 Å². The minimum Gasteiger partial charge on any atom is -0.453 e. The summed E-state index contributed by atoms with van der Waals surface area (Å²) < 4.78 is 20.9. The van der Waals surface area contributed by atoms with Crippen molar-refractivity contribution < 1.29 is 13.9 Å². The Morgan fingerprint density at radius 2 is 1.96 bits per heavy atom. The van der Waals surface area contributed by atoms with Crippen LogP contribution in [0.4, 0.5) is 4.39 Å². The average molecular weight is 408 g/mol. The van der Waals surface area contributed by atoms with Crippen molar-refractivity contribution >= 4 is 17.5 Å². The third-order valence-electron chi connectivity index (χ3n) is 4.27. The number of carbonyl (C=O) groups excluding carboxylic acids is 1. The molecule has 28 heavy (non-hydrogen) atoms. The number of nitrogens with two attached hydrogens (primary N) is 1. The number of para-hydroxylation sites is 1. The van der Waals surface area contributed by atoms with Gasteiger partial charge in [-0.25, -0.2) is 4.39 Å². The maximum Gasteiger partial charge on any atom is 0.221 e. The molecule has 2 aromatic carbocycles. The molecule has 0 fully saturated rings. The molecule has 0 aliphatic heterocycles. The molecule has 2 rings (SSSR count). The molecule has 0 spiro atoms. The maximum atomic E-state index is 15.2.